The van der Waals surface area contributed by atoms with Crippen molar-refractivity contribution in [1.29, 1.82) is 0 Å². The SMILES string of the molecule is c1cc2cc(Cc3ccc4c(ccc5c6c(ccc54)CCCC6)c3)ccc2[nH]1. The molecule has 1 aromatic heterocycles. The zero-order valence-electron chi connectivity index (χ0n) is 16.0. The number of hydrogen-bond donors (Lipinski definition) is 1. The zero-order chi connectivity index (χ0) is 18.5. The minimum Gasteiger partial charge on any atom is -0.361 e. The van der Waals surface area contributed by atoms with Gasteiger partial charge in [0.05, 0.1) is 0 Å². The fourth-order valence-electron chi connectivity index (χ4n) is 5.01. The molecule has 1 aliphatic carbocycles. The van der Waals surface area contributed by atoms with Gasteiger partial charge in [0.15, 0.2) is 0 Å². The fraction of sp³-hybridized carbons (Fsp3) is 0.185. The minimum absolute atomic E-state index is 0.972. The highest BCUT2D eigenvalue weighted by atomic mass is 14.7. The first-order valence-electron chi connectivity index (χ1n) is 10.4. The number of hydrogen-bond acceptors (Lipinski definition) is 0. The van der Waals surface area contributed by atoms with E-state index in [2.05, 4.69) is 71.7 Å². The topological polar surface area (TPSA) is 15.8 Å². The third kappa shape index (κ3) is 2.54. The van der Waals surface area contributed by atoms with E-state index >= 15 is 0 Å². The molecule has 0 bridgehead atoms. The summed E-state index contributed by atoms with van der Waals surface area (Å²) in [6, 6.07) is 25.3. The summed E-state index contributed by atoms with van der Waals surface area (Å²) in [4.78, 5) is 3.27. The van der Waals surface area contributed by atoms with E-state index in [0.29, 0.717) is 0 Å². The Kier molecular flexibility index (Phi) is 3.55. The van der Waals surface area contributed by atoms with E-state index in [0.717, 1.165) is 6.42 Å². The summed E-state index contributed by atoms with van der Waals surface area (Å²) in [7, 11) is 0. The minimum atomic E-state index is 0.972. The lowest BCUT2D eigenvalue weighted by atomic mass is 9.86. The largest absolute Gasteiger partial charge is 0.361 e. The number of aromatic nitrogens is 1. The van der Waals surface area contributed by atoms with Crippen molar-refractivity contribution in [2.45, 2.75) is 32.1 Å². The van der Waals surface area contributed by atoms with Crippen LogP contribution in [-0.4, -0.2) is 4.98 Å². The van der Waals surface area contributed by atoms with Crippen molar-refractivity contribution >= 4 is 32.4 Å². The van der Waals surface area contributed by atoms with Crippen molar-refractivity contribution in [3.8, 4) is 0 Å². The van der Waals surface area contributed by atoms with Gasteiger partial charge in [-0.25, -0.2) is 0 Å². The normalized spacial score (nSPS) is 14.0. The number of nitrogens with one attached hydrogen (secondary N) is 1. The molecule has 1 aliphatic rings. The van der Waals surface area contributed by atoms with Crippen molar-refractivity contribution < 1.29 is 0 Å². The molecule has 0 saturated heterocycles. The van der Waals surface area contributed by atoms with Crippen LogP contribution in [0, 0.1) is 0 Å². The van der Waals surface area contributed by atoms with Gasteiger partial charge in [0, 0.05) is 11.7 Å². The zero-order valence-corrected chi connectivity index (χ0v) is 16.0. The molecule has 1 N–H and O–H groups in total. The smallest absolute Gasteiger partial charge is 0.0454 e. The predicted octanol–water partition coefficient (Wildman–Crippen LogP) is 6.94. The Labute approximate surface area is 165 Å². The number of benzene rings is 4. The molecule has 6 rings (SSSR count). The fourth-order valence-corrected chi connectivity index (χ4v) is 5.01. The lowest BCUT2D eigenvalue weighted by Crippen LogP contribution is -2.03. The van der Waals surface area contributed by atoms with Crippen LogP contribution in [0.1, 0.15) is 35.1 Å². The second-order valence-electron chi connectivity index (χ2n) is 8.20. The molecular weight excluding hydrogens is 338 g/mol. The van der Waals surface area contributed by atoms with Gasteiger partial charge in [-0.3, -0.25) is 0 Å². The Morgan fingerprint density at radius 3 is 2.39 bits per heavy atom. The molecular formula is C27H23N. The summed E-state index contributed by atoms with van der Waals surface area (Å²) < 4.78 is 0. The Morgan fingerprint density at radius 2 is 1.43 bits per heavy atom. The molecule has 0 saturated carbocycles. The van der Waals surface area contributed by atoms with E-state index in [1.807, 2.05) is 6.20 Å². The summed E-state index contributed by atoms with van der Waals surface area (Å²) in [5.41, 5.74) is 7.10. The highest BCUT2D eigenvalue weighted by Gasteiger charge is 2.13. The van der Waals surface area contributed by atoms with Gasteiger partial charge in [0.2, 0.25) is 0 Å². The molecule has 0 aliphatic heterocycles. The molecule has 1 nitrogen and oxygen atoms in total. The molecule has 0 amide bonds. The van der Waals surface area contributed by atoms with Crippen LogP contribution >= 0.6 is 0 Å². The summed E-state index contributed by atoms with van der Waals surface area (Å²) >= 11 is 0. The molecule has 136 valence electrons. The quantitative estimate of drug-likeness (QED) is 0.328. The molecule has 0 unspecified atom stereocenters. The first-order chi connectivity index (χ1) is 13.8. The van der Waals surface area contributed by atoms with Crippen molar-refractivity contribution in [1.82, 2.24) is 4.98 Å². The first-order valence-corrected chi connectivity index (χ1v) is 10.4. The molecule has 5 aromatic rings. The van der Waals surface area contributed by atoms with Crippen molar-refractivity contribution in [3.05, 3.63) is 95.2 Å². The van der Waals surface area contributed by atoms with Gasteiger partial charge < -0.3 is 4.98 Å². The third-order valence-electron chi connectivity index (χ3n) is 6.44. The molecule has 4 aromatic carbocycles. The maximum atomic E-state index is 3.27. The Morgan fingerprint density at radius 1 is 0.643 bits per heavy atom. The lowest BCUT2D eigenvalue weighted by molar-refractivity contribution is 0.690. The van der Waals surface area contributed by atoms with Crippen LogP contribution in [0.4, 0.5) is 0 Å². The maximum Gasteiger partial charge on any atom is 0.0454 e. The van der Waals surface area contributed by atoms with Crippen LogP contribution < -0.4 is 0 Å². The van der Waals surface area contributed by atoms with Crippen molar-refractivity contribution in [3.63, 3.8) is 0 Å². The van der Waals surface area contributed by atoms with Gasteiger partial charge in [-0.15, -0.1) is 0 Å². The number of aromatic amines is 1. The average Bonchev–Trinajstić information content (AvgIpc) is 3.21. The summed E-state index contributed by atoms with van der Waals surface area (Å²) in [6.45, 7) is 0. The van der Waals surface area contributed by atoms with Crippen LogP contribution in [0.3, 0.4) is 0 Å². The van der Waals surface area contributed by atoms with Crippen LogP contribution in [0.25, 0.3) is 32.4 Å². The molecule has 0 fully saturated rings. The van der Waals surface area contributed by atoms with E-state index in [-0.39, 0.29) is 0 Å². The van der Waals surface area contributed by atoms with Crippen LogP contribution in [-0.2, 0) is 19.3 Å². The second-order valence-corrected chi connectivity index (χ2v) is 8.20. The monoisotopic (exact) mass is 361 g/mol. The van der Waals surface area contributed by atoms with E-state index in [4.69, 9.17) is 0 Å². The Hall–Kier alpha value is -3.06. The van der Waals surface area contributed by atoms with Gasteiger partial charge in [-0.1, -0.05) is 48.5 Å². The van der Waals surface area contributed by atoms with Crippen molar-refractivity contribution in [2.24, 2.45) is 0 Å². The summed E-state index contributed by atoms with van der Waals surface area (Å²) in [5.74, 6) is 0. The Balaban J connectivity index is 1.43. The average molecular weight is 361 g/mol. The lowest BCUT2D eigenvalue weighted by Gasteiger charge is -2.19. The Bertz CT molecular complexity index is 1340. The molecule has 1 heteroatoms. The molecule has 1 heterocycles. The first kappa shape index (κ1) is 15.9. The number of H-pyrrole nitrogens is 1. The third-order valence-corrected chi connectivity index (χ3v) is 6.44. The van der Waals surface area contributed by atoms with Crippen LogP contribution in [0.15, 0.2) is 72.9 Å². The highest BCUT2D eigenvalue weighted by Crippen LogP contribution is 2.33. The number of aryl methyl sites for hydroxylation is 2. The van der Waals surface area contributed by atoms with E-state index in [9.17, 15) is 0 Å². The van der Waals surface area contributed by atoms with Gasteiger partial charge in [-0.2, -0.15) is 0 Å². The van der Waals surface area contributed by atoms with Crippen LogP contribution in [0.2, 0.25) is 0 Å². The van der Waals surface area contributed by atoms with Crippen LogP contribution in [0.5, 0.6) is 0 Å². The summed E-state index contributed by atoms with van der Waals surface area (Å²) in [5, 5.41) is 6.90. The molecule has 28 heavy (non-hydrogen) atoms. The molecule has 0 radical (unpaired) electrons. The van der Waals surface area contributed by atoms with Gasteiger partial charge in [0.1, 0.15) is 0 Å². The molecule has 0 atom stereocenters. The van der Waals surface area contributed by atoms with Gasteiger partial charge >= 0.3 is 0 Å². The maximum absolute atomic E-state index is 3.27. The number of fused-ring (bicyclic) bond motifs is 6. The summed E-state index contributed by atoms with van der Waals surface area (Å²) in [6.07, 6.45) is 8.12. The van der Waals surface area contributed by atoms with E-state index in [1.54, 1.807) is 11.1 Å². The number of rotatable bonds is 2. The standard InChI is InChI=1S/C27H23N/c1-2-4-23-20(3-1)7-10-26-24-9-5-18(16-21(24)8-11-25(23)26)15-19-6-12-27-22(17-19)13-14-28-27/h5-14,16-17,28H,1-4,15H2. The van der Waals surface area contributed by atoms with Gasteiger partial charge in [0.25, 0.3) is 0 Å². The van der Waals surface area contributed by atoms with Crippen molar-refractivity contribution in [2.75, 3.05) is 0 Å². The second kappa shape index (κ2) is 6.24. The highest BCUT2D eigenvalue weighted by molar-refractivity contribution is 6.09. The molecule has 0 spiro atoms. The van der Waals surface area contributed by atoms with E-state index < -0.39 is 0 Å². The van der Waals surface area contributed by atoms with E-state index in [1.165, 1.54) is 69.3 Å². The predicted molar refractivity (Wildman–Crippen MR) is 119 cm³/mol. The van der Waals surface area contributed by atoms with Gasteiger partial charge in [-0.05, 0) is 99.5 Å².